The molecule has 7 heteroatoms. The average Bonchev–Trinajstić information content (AvgIpc) is 2.41. The van der Waals surface area contributed by atoms with Gasteiger partial charge in [-0.15, -0.1) is 0 Å². The van der Waals surface area contributed by atoms with Crippen LogP contribution in [0.4, 0.5) is 23.7 Å². The van der Waals surface area contributed by atoms with Gasteiger partial charge in [0, 0.05) is 31.0 Å². The van der Waals surface area contributed by atoms with Gasteiger partial charge >= 0.3 is 6.03 Å². The normalized spacial score (nSPS) is 11.3. The van der Waals surface area contributed by atoms with Crippen molar-refractivity contribution in [1.82, 2.24) is 5.32 Å². The molecule has 0 aliphatic carbocycles. The van der Waals surface area contributed by atoms with Gasteiger partial charge in [0.05, 0.1) is 0 Å². The number of hydrogen-bond donors (Lipinski definition) is 3. The molecule has 0 saturated heterocycles. The summed E-state index contributed by atoms with van der Waals surface area (Å²) in [5.74, 6) is -4.31. The zero-order chi connectivity index (χ0) is 16.0. The molecule has 0 unspecified atom stereocenters. The summed E-state index contributed by atoms with van der Waals surface area (Å²) in [5.41, 5.74) is -0.388. The highest BCUT2D eigenvalue weighted by molar-refractivity contribution is 5.89. The van der Waals surface area contributed by atoms with Gasteiger partial charge in [-0.3, -0.25) is 0 Å². The second-order valence-corrected chi connectivity index (χ2v) is 5.56. The van der Waals surface area contributed by atoms with Crippen molar-refractivity contribution in [2.24, 2.45) is 5.41 Å². The number of amides is 2. The Hall–Kier alpha value is -1.76. The summed E-state index contributed by atoms with van der Waals surface area (Å²) in [4.78, 5) is 11.5. The Kier molecular flexibility index (Phi) is 6.02. The predicted molar refractivity (Wildman–Crippen MR) is 73.4 cm³/mol. The minimum atomic E-state index is -1.58. The molecule has 0 heterocycles. The molecule has 0 saturated carbocycles. The fourth-order valence-electron chi connectivity index (χ4n) is 1.65. The molecule has 0 aromatic heterocycles. The number of carbonyl (C=O) groups excluding carboxylic acids is 1. The quantitative estimate of drug-likeness (QED) is 0.559. The molecule has 1 aromatic rings. The Morgan fingerprint density at radius 2 is 1.81 bits per heavy atom. The van der Waals surface area contributed by atoms with E-state index in [0.29, 0.717) is 31.5 Å². The fourth-order valence-corrected chi connectivity index (χ4v) is 1.65. The number of anilines is 1. The monoisotopic (exact) mass is 304 g/mol. The van der Waals surface area contributed by atoms with Crippen LogP contribution in [0.3, 0.4) is 0 Å². The van der Waals surface area contributed by atoms with Crippen LogP contribution in [0.2, 0.25) is 0 Å². The lowest BCUT2D eigenvalue weighted by molar-refractivity contribution is 0.148. The van der Waals surface area contributed by atoms with E-state index in [1.807, 2.05) is 13.8 Å². The van der Waals surface area contributed by atoms with E-state index in [2.05, 4.69) is 10.6 Å². The molecule has 0 atom stereocenters. The van der Waals surface area contributed by atoms with Crippen molar-refractivity contribution < 1.29 is 23.1 Å². The van der Waals surface area contributed by atoms with Crippen molar-refractivity contribution in [3.8, 4) is 0 Å². The highest BCUT2D eigenvalue weighted by Crippen LogP contribution is 2.20. The number of aliphatic hydroxyl groups excluding tert-OH is 1. The van der Waals surface area contributed by atoms with E-state index in [1.54, 1.807) is 0 Å². The zero-order valence-corrected chi connectivity index (χ0v) is 12.0. The smallest absolute Gasteiger partial charge is 0.319 e. The van der Waals surface area contributed by atoms with Gasteiger partial charge in [-0.2, -0.15) is 0 Å². The molecule has 1 aromatic carbocycles. The maximum absolute atomic E-state index is 13.0. The second-order valence-electron chi connectivity index (χ2n) is 5.56. The fraction of sp³-hybridized carbons (Fsp3) is 0.500. The molecule has 0 aliphatic heterocycles. The number of carbonyl (C=O) groups is 1. The molecule has 3 N–H and O–H groups in total. The van der Waals surface area contributed by atoms with Gasteiger partial charge in [-0.05, 0) is 18.3 Å². The number of aliphatic hydroxyl groups is 1. The highest BCUT2D eigenvalue weighted by atomic mass is 19.2. The first-order chi connectivity index (χ1) is 9.75. The van der Waals surface area contributed by atoms with E-state index < -0.39 is 23.5 Å². The molecule has 2 amide bonds. The van der Waals surface area contributed by atoms with Crippen molar-refractivity contribution in [3.05, 3.63) is 29.6 Å². The topological polar surface area (TPSA) is 61.4 Å². The molecule has 0 aliphatic rings. The van der Waals surface area contributed by atoms with Crippen molar-refractivity contribution in [3.63, 3.8) is 0 Å². The van der Waals surface area contributed by atoms with Gasteiger partial charge in [0.2, 0.25) is 0 Å². The van der Waals surface area contributed by atoms with Crippen LogP contribution in [0.25, 0.3) is 0 Å². The van der Waals surface area contributed by atoms with E-state index in [1.165, 1.54) is 0 Å². The first-order valence-corrected chi connectivity index (χ1v) is 6.55. The summed E-state index contributed by atoms with van der Waals surface area (Å²) in [6.07, 6.45) is 1.36. The van der Waals surface area contributed by atoms with E-state index in [4.69, 9.17) is 5.11 Å². The third-order valence-electron chi connectivity index (χ3n) is 2.99. The van der Waals surface area contributed by atoms with Crippen LogP contribution in [-0.4, -0.2) is 24.3 Å². The maximum atomic E-state index is 13.0. The molecule has 4 nitrogen and oxygen atoms in total. The molecular weight excluding hydrogens is 285 g/mol. The molecule has 1 rings (SSSR count). The summed E-state index contributed by atoms with van der Waals surface area (Å²) >= 11 is 0. The number of nitrogens with one attached hydrogen (secondary N) is 2. The van der Waals surface area contributed by atoms with Crippen molar-refractivity contribution in [2.45, 2.75) is 26.7 Å². The lowest BCUT2D eigenvalue weighted by Gasteiger charge is -2.21. The van der Waals surface area contributed by atoms with E-state index in [-0.39, 0.29) is 17.7 Å². The summed E-state index contributed by atoms with van der Waals surface area (Å²) in [6.45, 7) is 4.20. The number of urea groups is 1. The van der Waals surface area contributed by atoms with E-state index in [9.17, 15) is 18.0 Å². The van der Waals surface area contributed by atoms with Gasteiger partial charge < -0.3 is 15.7 Å². The number of hydrogen-bond acceptors (Lipinski definition) is 2. The standard InChI is InChI=1S/C14H19F3N2O2/c1-14(2,8-20)4-3-5-18-13(21)19-9-6-10(15)12(17)11(16)7-9/h6-7,20H,3-5,8H2,1-2H3,(H2,18,19,21). The van der Waals surface area contributed by atoms with Crippen LogP contribution in [0, 0.1) is 22.9 Å². The minimum absolute atomic E-state index is 0.0489. The Labute approximate surface area is 121 Å². The second kappa shape index (κ2) is 7.31. The van der Waals surface area contributed by atoms with Gasteiger partial charge in [-0.1, -0.05) is 13.8 Å². The minimum Gasteiger partial charge on any atom is -0.396 e. The van der Waals surface area contributed by atoms with Crippen molar-refractivity contribution >= 4 is 11.7 Å². The lowest BCUT2D eigenvalue weighted by atomic mass is 9.89. The van der Waals surface area contributed by atoms with Crippen molar-refractivity contribution in [1.29, 1.82) is 0 Å². The van der Waals surface area contributed by atoms with Crippen molar-refractivity contribution in [2.75, 3.05) is 18.5 Å². The molecule has 118 valence electrons. The van der Waals surface area contributed by atoms with Crippen LogP contribution in [0.15, 0.2) is 12.1 Å². The Morgan fingerprint density at radius 3 is 2.33 bits per heavy atom. The summed E-state index contributed by atoms with van der Waals surface area (Å²) in [7, 11) is 0. The Balaban J connectivity index is 2.41. The Morgan fingerprint density at radius 1 is 1.24 bits per heavy atom. The van der Waals surface area contributed by atoms with E-state index >= 15 is 0 Å². The first-order valence-electron chi connectivity index (χ1n) is 6.55. The van der Waals surface area contributed by atoms with Crippen LogP contribution in [0.5, 0.6) is 0 Å². The molecule has 0 spiro atoms. The maximum Gasteiger partial charge on any atom is 0.319 e. The molecular formula is C14H19F3N2O2. The van der Waals surface area contributed by atoms with Gasteiger partial charge in [0.1, 0.15) is 0 Å². The molecule has 0 bridgehead atoms. The average molecular weight is 304 g/mol. The van der Waals surface area contributed by atoms with Crippen LogP contribution < -0.4 is 10.6 Å². The SMILES string of the molecule is CC(C)(CO)CCCNC(=O)Nc1cc(F)c(F)c(F)c1. The molecule has 21 heavy (non-hydrogen) atoms. The van der Waals surface area contributed by atoms with Crippen LogP contribution in [-0.2, 0) is 0 Å². The molecule has 0 radical (unpaired) electrons. The third kappa shape index (κ3) is 5.63. The number of benzene rings is 1. The largest absolute Gasteiger partial charge is 0.396 e. The summed E-state index contributed by atoms with van der Waals surface area (Å²) in [6, 6.07) is 0.766. The highest BCUT2D eigenvalue weighted by Gasteiger charge is 2.16. The van der Waals surface area contributed by atoms with E-state index in [0.717, 1.165) is 0 Å². The molecule has 0 fully saturated rings. The van der Waals surface area contributed by atoms with Crippen LogP contribution >= 0.6 is 0 Å². The summed E-state index contributed by atoms with van der Waals surface area (Å²) < 4.78 is 38.7. The predicted octanol–water partition coefficient (Wildman–Crippen LogP) is 3.02. The first kappa shape index (κ1) is 17.3. The van der Waals surface area contributed by atoms with Gasteiger partial charge in [-0.25, -0.2) is 18.0 Å². The Bertz CT molecular complexity index is 484. The lowest BCUT2D eigenvalue weighted by Crippen LogP contribution is -2.30. The van der Waals surface area contributed by atoms with Gasteiger partial charge in [0.25, 0.3) is 0 Å². The third-order valence-corrected chi connectivity index (χ3v) is 2.99. The number of rotatable bonds is 6. The zero-order valence-electron chi connectivity index (χ0n) is 12.0. The van der Waals surface area contributed by atoms with Crippen LogP contribution in [0.1, 0.15) is 26.7 Å². The number of halogens is 3. The van der Waals surface area contributed by atoms with Gasteiger partial charge in [0.15, 0.2) is 17.5 Å². The summed E-state index contributed by atoms with van der Waals surface area (Å²) in [5, 5.41) is 13.8.